The minimum absolute atomic E-state index is 0.0293. The maximum Gasteiger partial charge on any atom is 0.344 e. The Hall–Kier alpha value is -4.81. The zero-order valence-corrected chi connectivity index (χ0v) is 45.6. The van der Waals surface area contributed by atoms with Gasteiger partial charge in [0.2, 0.25) is 0 Å². The van der Waals surface area contributed by atoms with E-state index in [9.17, 15) is 43.2 Å². The second-order valence-electron chi connectivity index (χ2n) is 24.6. The number of carbonyl (C=O) groups excluding carboxylic acids is 9. The second kappa shape index (κ2) is 24.2. The lowest BCUT2D eigenvalue weighted by molar-refractivity contribution is -0.180. The summed E-state index contributed by atoms with van der Waals surface area (Å²) in [6.07, 6.45) is 10.6. The molecule has 0 radical (unpaired) electrons. The second-order valence-corrected chi connectivity index (χ2v) is 24.6. The molecular formula is C56H82O19. The molecule has 12 fully saturated rings. The van der Waals surface area contributed by atoms with Crippen molar-refractivity contribution in [3.63, 3.8) is 0 Å². The van der Waals surface area contributed by atoms with Crippen LogP contribution in [-0.4, -0.2) is 123 Å². The quantitative estimate of drug-likeness (QED) is 0.0784. The van der Waals surface area contributed by atoms with E-state index in [1.165, 1.54) is 0 Å². The first-order valence-electron chi connectivity index (χ1n) is 27.7. The highest BCUT2D eigenvalue weighted by atomic mass is 16.6. The molecule has 12 aliphatic rings. The largest absolute Gasteiger partial charge is 0.463 e. The molecule has 0 N–H and O–H groups in total. The molecule has 12 rings (SSSR count). The van der Waals surface area contributed by atoms with Gasteiger partial charge in [-0.25, -0.2) is 14.4 Å². The maximum absolute atomic E-state index is 12.1. The van der Waals surface area contributed by atoms with Crippen LogP contribution >= 0.6 is 0 Å². The van der Waals surface area contributed by atoms with Gasteiger partial charge in [0.15, 0.2) is 19.8 Å². The molecule has 6 aliphatic heterocycles. The SMILES string of the molecule is CCC(C)(C)C(=O)OCC(=O)OC1C2CC3CC(C2)C(=O)OC1C3.CCC(C)(C)C(=O)OCC(=O)OCC(=O)OC1C2CC3CC(C2)C(=O)OC1C3.CCC(C)(C)C(=O)OCCOC1C2CC3CC(C2)C(=O)OC1C3. The van der Waals surface area contributed by atoms with Crippen LogP contribution < -0.4 is 0 Å². The van der Waals surface area contributed by atoms with Crippen LogP contribution in [0.1, 0.15) is 159 Å². The van der Waals surface area contributed by atoms with Gasteiger partial charge in [0.25, 0.3) is 0 Å². The van der Waals surface area contributed by atoms with Crippen molar-refractivity contribution in [2.24, 2.45) is 69.5 Å². The van der Waals surface area contributed by atoms with Crippen molar-refractivity contribution < 1.29 is 90.5 Å². The molecule has 19 nitrogen and oxygen atoms in total. The minimum atomic E-state index is -0.814. The Bertz CT molecular complexity index is 2130. The van der Waals surface area contributed by atoms with E-state index >= 15 is 0 Å². The number of ether oxygens (including phenoxy) is 10. The zero-order valence-electron chi connectivity index (χ0n) is 45.6. The van der Waals surface area contributed by atoms with Gasteiger partial charge in [0.05, 0.1) is 46.7 Å². The van der Waals surface area contributed by atoms with Gasteiger partial charge in [-0.15, -0.1) is 0 Å². The van der Waals surface area contributed by atoms with Gasteiger partial charge in [0.1, 0.15) is 37.1 Å². The minimum Gasteiger partial charge on any atom is -0.463 e. The average Bonchev–Trinajstić information content (AvgIpc) is 3.73. The molecule has 6 saturated heterocycles. The summed E-state index contributed by atoms with van der Waals surface area (Å²) in [6, 6.07) is 0. The van der Waals surface area contributed by atoms with Crippen LogP contribution in [0.3, 0.4) is 0 Å². The van der Waals surface area contributed by atoms with E-state index in [1.54, 1.807) is 27.7 Å². The molecule has 6 heterocycles. The molecule has 0 spiro atoms. The fourth-order valence-corrected chi connectivity index (χ4v) is 12.5. The van der Waals surface area contributed by atoms with Gasteiger partial charge in [-0.2, -0.15) is 0 Å². The van der Waals surface area contributed by atoms with Crippen LogP contribution in [0.4, 0.5) is 0 Å². The van der Waals surface area contributed by atoms with E-state index in [0.717, 1.165) is 70.6 Å². The molecule has 0 amide bonds. The summed E-state index contributed by atoms with van der Waals surface area (Å²) < 4.78 is 53.9. The molecule has 15 unspecified atom stereocenters. The molecule has 6 aliphatic carbocycles. The fourth-order valence-electron chi connectivity index (χ4n) is 12.5. The molecule has 15 atom stereocenters. The summed E-state index contributed by atoms with van der Waals surface area (Å²) in [5, 5.41) is 0. The van der Waals surface area contributed by atoms with E-state index in [2.05, 4.69) is 0 Å². The van der Waals surface area contributed by atoms with Gasteiger partial charge in [0, 0.05) is 11.8 Å². The Morgan fingerprint density at radius 3 is 1.13 bits per heavy atom. The van der Waals surface area contributed by atoms with Crippen molar-refractivity contribution in [1.82, 2.24) is 0 Å². The number of rotatable bonds is 18. The highest BCUT2D eigenvalue weighted by molar-refractivity contribution is 5.82. The first kappa shape index (κ1) is 57.9. The molecule has 0 aromatic rings. The highest BCUT2D eigenvalue weighted by Gasteiger charge is 2.54. The zero-order chi connectivity index (χ0) is 54.6. The maximum atomic E-state index is 12.1. The number of hydrogen-bond acceptors (Lipinski definition) is 19. The van der Waals surface area contributed by atoms with Crippen molar-refractivity contribution in [2.45, 2.75) is 195 Å². The van der Waals surface area contributed by atoms with E-state index in [0.29, 0.717) is 56.0 Å². The summed E-state index contributed by atoms with van der Waals surface area (Å²) >= 11 is 0. The number of carbonyl (C=O) groups is 9. The molecule has 0 aromatic carbocycles. The average molecular weight is 1060 g/mol. The smallest absolute Gasteiger partial charge is 0.344 e. The van der Waals surface area contributed by atoms with Crippen molar-refractivity contribution in [3.8, 4) is 0 Å². The Labute approximate surface area is 440 Å². The molecular weight excluding hydrogens is 977 g/mol. The topological polar surface area (TPSA) is 246 Å². The van der Waals surface area contributed by atoms with E-state index in [1.807, 2.05) is 34.6 Å². The number of fused-ring (bicyclic) bond motifs is 3. The van der Waals surface area contributed by atoms with Crippen molar-refractivity contribution in [3.05, 3.63) is 0 Å². The van der Waals surface area contributed by atoms with Crippen LogP contribution in [0.2, 0.25) is 0 Å². The summed E-state index contributed by atoms with van der Waals surface area (Å²) in [4.78, 5) is 108. The first-order valence-corrected chi connectivity index (χ1v) is 27.7. The highest BCUT2D eigenvalue weighted by Crippen LogP contribution is 2.51. The molecule has 75 heavy (non-hydrogen) atoms. The van der Waals surface area contributed by atoms with E-state index in [4.69, 9.17) is 47.4 Å². The van der Waals surface area contributed by atoms with Gasteiger partial charge < -0.3 is 47.4 Å². The van der Waals surface area contributed by atoms with Crippen LogP contribution in [-0.2, 0) is 90.5 Å². The van der Waals surface area contributed by atoms with Crippen molar-refractivity contribution in [1.29, 1.82) is 0 Å². The predicted molar refractivity (Wildman–Crippen MR) is 262 cm³/mol. The van der Waals surface area contributed by atoms with Crippen molar-refractivity contribution in [2.75, 3.05) is 33.0 Å². The summed E-state index contributed by atoms with van der Waals surface area (Å²) in [6.45, 7) is 15.6. The normalized spacial score (nSPS) is 33.6. The number of esters is 9. The molecule has 0 aromatic heterocycles. The van der Waals surface area contributed by atoms with Crippen LogP contribution in [0.5, 0.6) is 0 Å². The Morgan fingerprint density at radius 1 is 0.413 bits per heavy atom. The van der Waals surface area contributed by atoms with E-state index in [-0.39, 0.29) is 85.0 Å². The standard InChI is InChI=1S/C20H28O8.C18H26O6.C18H28O5/c1-4-20(2,3)19(24)26-9-15(21)25-10-16(22)28-17-12-5-11-6-13(8-12)18(23)27-14(17)7-11;1-4-18(2,3)17(21)22-9-14(19)24-15-11-5-10-6-12(8-11)16(20)23-13(15)7-10;1-4-18(2,3)17(20)22-6-5-21-15-12-7-11-8-13(10-12)16(19)23-14(15)9-11/h11-14,17H,4-10H2,1-3H3;10-13,15H,4-9H2,1-3H3;11-15H,4-10H2,1-3H3. The lowest BCUT2D eigenvalue weighted by atomic mass is 9.67. The Balaban J connectivity index is 0.000000165. The molecule has 420 valence electrons. The summed E-state index contributed by atoms with van der Waals surface area (Å²) in [5.41, 5.74) is -1.75. The van der Waals surface area contributed by atoms with Crippen LogP contribution in [0, 0.1) is 69.5 Å². The number of hydrogen-bond donors (Lipinski definition) is 0. The van der Waals surface area contributed by atoms with Crippen molar-refractivity contribution >= 4 is 53.7 Å². The monoisotopic (exact) mass is 1060 g/mol. The molecule has 19 heteroatoms. The molecule has 6 saturated carbocycles. The van der Waals surface area contributed by atoms with Crippen LogP contribution in [0.15, 0.2) is 0 Å². The third kappa shape index (κ3) is 14.2. The van der Waals surface area contributed by atoms with Gasteiger partial charge in [-0.1, -0.05) is 20.8 Å². The fraction of sp³-hybridized carbons (Fsp3) is 0.839. The lowest BCUT2D eigenvalue weighted by Gasteiger charge is -2.41. The van der Waals surface area contributed by atoms with E-state index < -0.39 is 77.6 Å². The summed E-state index contributed by atoms with van der Waals surface area (Å²) in [5.74, 6) is -1.40. The molecule has 12 bridgehead atoms. The van der Waals surface area contributed by atoms with Gasteiger partial charge >= 0.3 is 53.7 Å². The van der Waals surface area contributed by atoms with Crippen LogP contribution in [0.25, 0.3) is 0 Å². The van der Waals surface area contributed by atoms with Gasteiger partial charge in [-0.3, -0.25) is 28.8 Å². The first-order chi connectivity index (χ1) is 35.4. The summed E-state index contributed by atoms with van der Waals surface area (Å²) in [7, 11) is 0. The Kier molecular flexibility index (Phi) is 18.7. The lowest BCUT2D eigenvalue weighted by Crippen LogP contribution is -2.45. The third-order valence-corrected chi connectivity index (χ3v) is 18.0. The third-order valence-electron chi connectivity index (χ3n) is 18.0. The predicted octanol–water partition coefficient (Wildman–Crippen LogP) is 6.73. The Morgan fingerprint density at radius 2 is 0.747 bits per heavy atom. The van der Waals surface area contributed by atoms with Gasteiger partial charge in [-0.05, 0) is 162 Å².